The van der Waals surface area contributed by atoms with E-state index in [0.717, 1.165) is 4.47 Å². The molecule has 4 heteroatoms. The van der Waals surface area contributed by atoms with E-state index in [2.05, 4.69) is 21.2 Å². The zero-order valence-corrected chi connectivity index (χ0v) is 10.2. The van der Waals surface area contributed by atoms with Gasteiger partial charge in [0.25, 0.3) is 0 Å². The molecule has 0 fully saturated rings. The van der Waals surface area contributed by atoms with Gasteiger partial charge in [-0.2, -0.15) is 0 Å². The van der Waals surface area contributed by atoms with E-state index in [0.29, 0.717) is 18.5 Å². The molecule has 2 N–H and O–H groups in total. The van der Waals surface area contributed by atoms with Crippen LogP contribution in [0.25, 0.3) is 0 Å². The van der Waals surface area contributed by atoms with Gasteiger partial charge in [0, 0.05) is 29.2 Å². The van der Waals surface area contributed by atoms with Crippen LogP contribution in [0.4, 0.5) is 4.39 Å². The lowest BCUT2D eigenvalue weighted by molar-refractivity contribution is 0.268. The third-order valence-corrected chi connectivity index (χ3v) is 2.70. The van der Waals surface area contributed by atoms with Crippen molar-refractivity contribution in [1.82, 2.24) is 5.32 Å². The highest BCUT2D eigenvalue weighted by Gasteiger charge is 2.05. The molecule has 2 nitrogen and oxygen atoms in total. The minimum absolute atomic E-state index is 0.148. The molecule has 1 aromatic carbocycles. The Morgan fingerprint density at radius 1 is 1.53 bits per heavy atom. The van der Waals surface area contributed by atoms with Gasteiger partial charge in [-0.25, -0.2) is 4.39 Å². The lowest BCUT2D eigenvalue weighted by Crippen LogP contribution is -2.26. The van der Waals surface area contributed by atoms with E-state index >= 15 is 0 Å². The van der Waals surface area contributed by atoms with Crippen LogP contribution in [0.5, 0.6) is 0 Å². The van der Waals surface area contributed by atoms with Crippen LogP contribution in [0.3, 0.4) is 0 Å². The average Bonchev–Trinajstić information content (AvgIpc) is 2.20. The van der Waals surface area contributed by atoms with E-state index in [4.69, 9.17) is 5.11 Å². The Hall–Kier alpha value is -0.450. The molecule has 0 saturated carbocycles. The van der Waals surface area contributed by atoms with Crippen molar-refractivity contribution in [2.75, 3.05) is 6.61 Å². The molecule has 1 aromatic rings. The summed E-state index contributed by atoms with van der Waals surface area (Å²) in [5, 5.41) is 11.9. The van der Waals surface area contributed by atoms with Gasteiger partial charge in [0.05, 0.1) is 0 Å². The molecule has 15 heavy (non-hydrogen) atoms. The second kappa shape index (κ2) is 6.20. The van der Waals surface area contributed by atoms with Gasteiger partial charge in [-0.1, -0.05) is 15.9 Å². The monoisotopic (exact) mass is 275 g/mol. The average molecular weight is 276 g/mol. The molecule has 0 radical (unpaired) electrons. The summed E-state index contributed by atoms with van der Waals surface area (Å²) >= 11 is 3.30. The Bertz CT molecular complexity index is 319. The van der Waals surface area contributed by atoms with E-state index in [1.807, 2.05) is 6.92 Å². The summed E-state index contributed by atoms with van der Waals surface area (Å²) in [6.45, 7) is 2.59. The van der Waals surface area contributed by atoms with Crippen molar-refractivity contribution in [3.63, 3.8) is 0 Å². The van der Waals surface area contributed by atoms with Gasteiger partial charge in [-0.05, 0) is 31.5 Å². The SMILES string of the molecule is C[C@H](CCO)NCc1cc(Br)ccc1F. The summed E-state index contributed by atoms with van der Waals surface area (Å²) in [6, 6.07) is 5.07. The van der Waals surface area contributed by atoms with Crippen LogP contribution >= 0.6 is 15.9 Å². The molecule has 0 aliphatic rings. The van der Waals surface area contributed by atoms with E-state index in [-0.39, 0.29) is 18.5 Å². The third-order valence-electron chi connectivity index (χ3n) is 2.21. The second-order valence-corrected chi connectivity index (χ2v) is 4.45. The summed E-state index contributed by atoms with van der Waals surface area (Å²) < 4.78 is 14.2. The topological polar surface area (TPSA) is 32.3 Å². The van der Waals surface area contributed by atoms with Gasteiger partial charge in [-0.3, -0.25) is 0 Å². The van der Waals surface area contributed by atoms with Crippen molar-refractivity contribution < 1.29 is 9.50 Å². The van der Waals surface area contributed by atoms with Crippen molar-refractivity contribution >= 4 is 15.9 Å². The number of aliphatic hydroxyl groups is 1. The second-order valence-electron chi connectivity index (χ2n) is 3.53. The fourth-order valence-corrected chi connectivity index (χ4v) is 1.67. The molecule has 1 atom stereocenters. The van der Waals surface area contributed by atoms with E-state index in [1.165, 1.54) is 6.07 Å². The normalized spacial score (nSPS) is 12.8. The van der Waals surface area contributed by atoms with Crippen LogP contribution in [-0.2, 0) is 6.54 Å². The van der Waals surface area contributed by atoms with Crippen LogP contribution in [0.1, 0.15) is 18.9 Å². The molecule has 0 spiro atoms. The standard InChI is InChI=1S/C11H15BrFNO/c1-8(4-5-15)14-7-9-6-10(12)2-3-11(9)13/h2-3,6,8,14-15H,4-5,7H2,1H3/t8-/m1/s1. The van der Waals surface area contributed by atoms with Crippen LogP contribution in [0.2, 0.25) is 0 Å². The van der Waals surface area contributed by atoms with Gasteiger partial charge in [0.15, 0.2) is 0 Å². The molecule has 1 rings (SSSR count). The quantitative estimate of drug-likeness (QED) is 0.865. The number of aliphatic hydroxyl groups excluding tert-OH is 1. The number of halogens is 2. The Balaban J connectivity index is 2.53. The lowest BCUT2D eigenvalue weighted by Gasteiger charge is -2.12. The zero-order valence-electron chi connectivity index (χ0n) is 8.63. The van der Waals surface area contributed by atoms with Crippen molar-refractivity contribution in [3.05, 3.63) is 34.1 Å². The summed E-state index contributed by atoms with van der Waals surface area (Å²) in [4.78, 5) is 0. The van der Waals surface area contributed by atoms with Crippen LogP contribution in [-0.4, -0.2) is 17.8 Å². The molecular weight excluding hydrogens is 261 g/mol. The van der Waals surface area contributed by atoms with Crippen molar-refractivity contribution in [1.29, 1.82) is 0 Å². The first-order valence-electron chi connectivity index (χ1n) is 4.91. The number of nitrogens with one attached hydrogen (secondary N) is 1. The number of benzene rings is 1. The Kier molecular flexibility index (Phi) is 5.22. The van der Waals surface area contributed by atoms with E-state index < -0.39 is 0 Å². The van der Waals surface area contributed by atoms with E-state index in [1.54, 1.807) is 12.1 Å². The Morgan fingerprint density at radius 2 is 2.27 bits per heavy atom. The summed E-state index contributed by atoms with van der Waals surface area (Å²) in [5.74, 6) is -0.207. The lowest BCUT2D eigenvalue weighted by atomic mass is 10.2. The highest BCUT2D eigenvalue weighted by Crippen LogP contribution is 2.15. The molecule has 0 aliphatic carbocycles. The molecule has 0 unspecified atom stereocenters. The summed E-state index contributed by atoms with van der Waals surface area (Å²) in [6.07, 6.45) is 0.676. The van der Waals surface area contributed by atoms with Crippen LogP contribution in [0.15, 0.2) is 22.7 Å². The first-order chi connectivity index (χ1) is 7.13. The predicted octanol–water partition coefficient (Wildman–Crippen LogP) is 2.45. The number of hydrogen-bond acceptors (Lipinski definition) is 2. The Morgan fingerprint density at radius 3 is 2.93 bits per heavy atom. The zero-order chi connectivity index (χ0) is 11.3. The minimum Gasteiger partial charge on any atom is -0.396 e. The first kappa shape index (κ1) is 12.6. The maximum atomic E-state index is 13.3. The summed E-state index contributed by atoms with van der Waals surface area (Å²) in [7, 11) is 0. The molecule has 0 heterocycles. The van der Waals surface area contributed by atoms with Crippen LogP contribution < -0.4 is 5.32 Å². The third kappa shape index (κ3) is 4.28. The van der Waals surface area contributed by atoms with Crippen molar-refractivity contribution in [2.45, 2.75) is 25.9 Å². The molecule has 0 saturated heterocycles. The van der Waals surface area contributed by atoms with Gasteiger partial charge in [0.2, 0.25) is 0 Å². The Labute approximate surface area is 97.6 Å². The summed E-state index contributed by atoms with van der Waals surface area (Å²) in [5.41, 5.74) is 0.633. The number of rotatable bonds is 5. The molecule has 0 aliphatic heterocycles. The highest BCUT2D eigenvalue weighted by molar-refractivity contribution is 9.10. The van der Waals surface area contributed by atoms with Gasteiger partial charge in [0.1, 0.15) is 5.82 Å². The maximum Gasteiger partial charge on any atom is 0.127 e. The number of hydrogen-bond donors (Lipinski definition) is 2. The fourth-order valence-electron chi connectivity index (χ4n) is 1.26. The fraction of sp³-hybridized carbons (Fsp3) is 0.455. The van der Waals surface area contributed by atoms with Crippen molar-refractivity contribution in [2.24, 2.45) is 0 Å². The van der Waals surface area contributed by atoms with Crippen molar-refractivity contribution in [3.8, 4) is 0 Å². The van der Waals surface area contributed by atoms with Gasteiger partial charge in [-0.15, -0.1) is 0 Å². The van der Waals surface area contributed by atoms with Gasteiger partial charge >= 0.3 is 0 Å². The molecule has 0 bridgehead atoms. The predicted molar refractivity (Wildman–Crippen MR) is 62.1 cm³/mol. The highest BCUT2D eigenvalue weighted by atomic mass is 79.9. The van der Waals surface area contributed by atoms with Crippen LogP contribution in [0, 0.1) is 5.82 Å². The van der Waals surface area contributed by atoms with E-state index in [9.17, 15) is 4.39 Å². The minimum atomic E-state index is -0.207. The molecular formula is C11H15BrFNO. The molecule has 0 aromatic heterocycles. The maximum absolute atomic E-state index is 13.3. The first-order valence-corrected chi connectivity index (χ1v) is 5.71. The molecule has 84 valence electrons. The largest absolute Gasteiger partial charge is 0.396 e. The smallest absolute Gasteiger partial charge is 0.127 e. The van der Waals surface area contributed by atoms with Gasteiger partial charge < -0.3 is 10.4 Å². The molecule has 0 amide bonds.